The lowest BCUT2D eigenvalue weighted by Gasteiger charge is -2.26. The van der Waals surface area contributed by atoms with Crippen LogP contribution >= 0.6 is 11.8 Å². The second kappa shape index (κ2) is 5.73. The molecule has 126 valence electrons. The van der Waals surface area contributed by atoms with Crippen LogP contribution in [0.4, 0.5) is 5.82 Å². The van der Waals surface area contributed by atoms with Crippen LogP contribution in [0.1, 0.15) is 24.0 Å². The number of benzene rings is 2. The molecule has 5 rings (SSSR count). The van der Waals surface area contributed by atoms with Crippen LogP contribution in [0.2, 0.25) is 0 Å². The molecule has 1 unspecified atom stereocenters. The number of anilines is 1. The van der Waals surface area contributed by atoms with Crippen molar-refractivity contribution in [2.75, 3.05) is 24.2 Å². The quantitative estimate of drug-likeness (QED) is 0.641. The summed E-state index contributed by atoms with van der Waals surface area (Å²) in [5, 5.41) is 1.18. The summed E-state index contributed by atoms with van der Waals surface area (Å²) in [6, 6.07) is 15.5. The van der Waals surface area contributed by atoms with Gasteiger partial charge in [0.15, 0.2) is 0 Å². The van der Waals surface area contributed by atoms with Crippen LogP contribution in [0, 0.1) is 0 Å². The zero-order valence-corrected chi connectivity index (χ0v) is 15.2. The molecule has 0 saturated carbocycles. The molecule has 1 atom stereocenters. The van der Waals surface area contributed by atoms with Gasteiger partial charge < -0.3 is 4.90 Å². The molecule has 0 bridgehead atoms. The van der Waals surface area contributed by atoms with Crippen molar-refractivity contribution in [3.8, 4) is 0 Å². The second-order valence-electron chi connectivity index (χ2n) is 7.19. The molecule has 3 aromatic rings. The van der Waals surface area contributed by atoms with Crippen molar-refractivity contribution in [1.82, 2.24) is 9.97 Å². The van der Waals surface area contributed by atoms with Crippen LogP contribution in [0.5, 0.6) is 0 Å². The summed E-state index contributed by atoms with van der Waals surface area (Å²) in [6.07, 6.45) is 7.53. The molecule has 2 aliphatic rings. The van der Waals surface area contributed by atoms with E-state index in [-0.39, 0.29) is 0 Å². The van der Waals surface area contributed by atoms with E-state index in [1.807, 2.05) is 0 Å². The standard InChI is InChI=1S/C21H21N3S/c1-25-16-6-7-19-17(12-16)20(23-14-22-19)24-11-10-21(13-24)9-8-15-4-2-3-5-18(15)21/h2-7,12,14H,8-11,13H2,1H3. The third-order valence-corrected chi connectivity index (χ3v) is 6.66. The maximum Gasteiger partial charge on any atom is 0.139 e. The molecule has 1 spiro atoms. The molecule has 1 aliphatic carbocycles. The number of aryl methyl sites for hydroxylation is 1. The van der Waals surface area contributed by atoms with E-state index < -0.39 is 0 Å². The van der Waals surface area contributed by atoms with E-state index in [1.165, 1.54) is 29.5 Å². The van der Waals surface area contributed by atoms with Gasteiger partial charge in [0, 0.05) is 28.8 Å². The summed E-state index contributed by atoms with van der Waals surface area (Å²) < 4.78 is 0. The number of nitrogens with zero attached hydrogens (tertiary/aromatic N) is 3. The van der Waals surface area contributed by atoms with Crippen molar-refractivity contribution in [2.24, 2.45) is 0 Å². The van der Waals surface area contributed by atoms with E-state index in [0.717, 1.165) is 24.4 Å². The van der Waals surface area contributed by atoms with Gasteiger partial charge in [0.2, 0.25) is 0 Å². The lowest BCUT2D eigenvalue weighted by molar-refractivity contribution is 0.473. The van der Waals surface area contributed by atoms with Gasteiger partial charge in [-0.1, -0.05) is 24.3 Å². The predicted molar refractivity (Wildman–Crippen MR) is 105 cm³/mol. The number of hydrogen-bond acceptors (Lipinski definition) is 4. The van der Waals surface area contributed by atoms with Gasteiger partial charge >= 0.3 is 0 Å². The molecule has 0 amide bonds. The van der Waals surface area contributed by atoms with E-state index in [4.69, 9.17) is 0 Å². The summed E-state index contributed by atoms with van der Waals surface area (Å²) in [5.41, 5.74) is 4.46. The average molecular weight is 347 g/mol. The Morgan fingerprint density at radius 3 is 2.92 bits per heavy atom. The van der Waals surface area contributed by atoms with Crippen molar-refractivity contribution in [3.63, 3.8) is 0 Å². The first kappa shape index (κ1) is 15.2. The second-order valence-corrected chi connectivity index (χ2v) is 8.07. The molecule has 0 N–H and O–H groups in total. The van der Waals surface area contributed by atoms with E-state index in [1.54, 1.807) is 29.2 Å². The first-order valence-electron chi connectivity index (χ1n) is 8.91. The number of hydrogen-bond donors (Lipinski definition) is 0. The first-order valence-corrected chi connectivity index (χ1v) is 10.1. The van der Waals surface area contributed by atoms with Gasteiger partial charge in [-0.05, 0) is 54.8 Å². The van der Waals surface area contributed by atoms with E-state index in [2.05, 4.69) is 63.6 Å². The summed E-state index contributed by atoms with van der Waals surface area (Å²) in [4.78, 5) is 12.9. The molecule has 2 heterocycles. The topological polar surface area (TPSA) is 29.0 Å². The van der Waals surface area contributed by atoms with Crippen LogP contribution in [-0.4, -0.2) is 29.3 Å². The molecular formula is C21H21N3S. The van der Waals surface area contributed by atoms with Crippen LogP contribution in [0.15, 0.2) is 53.7 Å². The molecule has 2 aromatic carbocycles. The molecular weight excluding hydrogens is 326 g/mol. The highest BCUT2D eigenvalue weighted by molar-refractivity contribution is 7.98. The van der Waals surface area contributed by atoms with Gasteiger partial charge in [-0.25, -0.2) is 9.97 Å². The average Bonchev–Trinajstić information content (AvgIpc) is 3.26. The van der Waals surface area contributed by atoms with Gasteiger partial charge in [-0.3, -0.25) is 0 Å². The molecule has 1 fully saturated rings. The largest absolute Gasteiger partial charge is 0.355 e. The Balaban J connectivity index is 1.55. The molecule has 25 heavy (non-hydrogen) atoms. The van der Waals surface area contributed by atoms with Crippen LogP contribution in [0.25, 0.3) is 10.9 Å². The van der Waals surface area contributed by atoms with Gasteiger partial charge in [-0.15, -0.1) is 11.8 Å². The molecule has 1 saturated heterocycles. The lowest BCUT2D eigenvalue weighted by Crippen LogP contribution is -2.29. The molecule has 1 aromatic heterocycles. The third-order valence-electron chi connectivity index (χ3n) is 5.94. The van der Waals surface area contributed by atoms with Crippen LogP contribution in [0.3, 0.4) is 0 Å². The van der Waals surface area contributed by atoms with Gasteiger partial charge in [0.25, 0.3) is 0 Å². The molecule has 1 aliphatic heterocycles. The fraction of sp³-hybridized carbons (Fsp3) is 0.333. The van der Waals surface area contributed by atoms with Crippen LogP contribution in [-0.2, 0) is 11.8 Å². The Hall–Kier alpha value is -2.07. The number of aromatic nitrogens is 2. The number of fused-ring (bicyclic) bond motifs is 3. The summed E-state index contributed by atoms with van der Waals surface area (Å²) in [6.45, 7) is 2.14. The van der Waals surface area contributed by atoms with E-state index in [9.17, 15) is 0 Å². The van der Waals surface area contributed by atoms with Crippen molar-refractivity contribution in [1.29, 1.82) is 0 Å². The Morgan fingerprint density at radius 1 is 1.08 bits per heavy atom. The minimum absolute atomic E-state index is 0.310. The zero-order valence-electron chi connectivity index (χ0n) is 14.4. The van der Waals surface area contributed by atoms with Gasteiger partial charge in [0.1, 0.15) is 12.1 Å². The highest BCUT2D eigenvalue weighted by Crippen LogP contribution is 2.46. The number of thioether (sulfide) groups is 1. The minimum atomic E-state index is 0.310. The fourth-order valence-electron chi connectivity index (χ4n) is 4.64. The molecule has 4 heteroatoms. The molecule has 0 radical (unpaired) electrons. The van der Waals surface area contributed by atoms with Crippen molar-refractivity contribution in [2.45, 2.75) is 29.6 Å². The minimum Gasteiger partial charge on any atom is -0.355 e. The van der Waals surface area contributed by atoms with Crippen LogP contribution < -0.4 is 4.90 Å². The predicted octanol–water partition coefficient (Wildman–Crippen LogP) is 4.45. The first-order chi connectivity index (χ1) is 12.3. The normalized spacial score (nSPS) is 22.0. The SMILES string of the molecule is CSc1ccc2ncnc(N3CCC4(CCc5ccccc54)C3)c2c1. The number of rotatable bonds is 2. The van der Waals surface area contributed by atoms with Gasteiger partial charge in [-0.2, -0.15) is 0 Å². The Bertz CT molecular complexity index is 955. The van der Waals surface area contributed by atoms with Crippen molar-refractivity contribution >= 4 is 28.5 Å². The third kappa shape index (κ3) is 2.35. The maximum absolute atomic E-state index is 4.68. The van der Waals surface area contributed by atoms with Crippen molar-refractivity contribution < 1.29 is 0 Å². The Morgan fingerprint density at radius 2 is 2.00 bits per heavy atom. The van der Waals surface area contributed by atoms with E-state index in [0.29, 0.717) is 5.41 Å². The Labute approximate surface area is 152 Å². The smallest absolute Gasteiger partial charge is 0.139 e. The fourth-order valence-corrected chi connectivity index (χ4v) is 5.08. The molecule has 3 nitrogen and oxygen atoms in total. The highest BCUT2D eigenvalue weighted by Gasteiger charge is 2.44. The van der Waals surface area contributed by atoms with Gasteiger partial charge in [0.05, 0.1) is 5.52 Å². The Kier molecular flexibility index (Phi) is 3.49. The van der Waals surface area contributed by atoms with Crippen molar-refractivity contribution in [3.05, 3.63) is 59.9 Å². The summed E-state index contributed by atoms with van der Waals surface area (Å²) in [5.74, 6) is 1.10. The summed E-state index contributed by atoms with van der Waals surface area (Å²) >= 11 is 1.77. The monoisotopic (exact) mass is 347 g/mol. The highest BCUT2D eigenvalue weighted by atomic mass is 32.2. The van der Waals surface area contributed by atoms with E-state index >= 15 is 0 Å². The lowest BCUT2D eigenvalue weighted by atomic mass is 9.81. The maximum atomic E-state index is 4.68. The summed E-state index contributed by atoms with van der Waals surface area (Å²) in [7, 11) is 0. The zero-order chi connectivity index (χ0) is 16.9.